The molecule has 0 spiro atoms. The summed E-state index contributed by atoms with van der Waals surface area (Å²) < 4.78 is 5.66. The van der Waals surface area contributed by atoms with Gasteiger partial charge in [0.25, 0.3) is 0 Å². The molecular weight excluding hydrogens is 278 g/mol. The van der Waals surface area contributed by atoms with Gasteiger partial charge in [-0.25, -0.2) is 4.98 Å². The van der Waals surface area contributed by atoms with Crippen LogP contribution in [0.2, 0.25) is 0 Å². The maximum absolute atomic E-state index is 5.66. The number of aryl methyl sites for hydroxylation is 1. The first-order chi connectivity index (χ1) is 10.8. The number of rotatable bonds is 3. The van der Waals surface area contributed by atoms with Crippen LogP contribution in [-0.4, -0.2) is 25.2 Å². The van der Waals surface area contributed by atoms with E-state index < -0.39 is 0 Å². The van der Waals surface area contributed by atoms with Gasteiger partial charge in [-0.3, -0.25) is 0 Å². The van der Waals surface area contributed by atoms with Gasteiger partial charge in [0.2, 0.25) is 11.7 Å². The third-order valence-electron chi connectivity index (χ3n) is 3.38. The highest BCUT2D eigenvalue weighted by Gasteiger charge is 2.10. The summed E-state index contributed by atoms with van der Waals surface area (Å²) in [6.07, 6.45) is 0. The molecule has 0 amide bonds. The maximum Gasteiger partial charge on any atom is 0.219 e. The summed E-state index contributed by atoms with van der Waals surface area (Å²) in [6.45, 7) is 2.40. The molecule has 2 aromatic carbocycles. The predicted octanol–water partition coefficient (Wildman–Crippen LogP) is 2.84. The molecule has 0 aliphatic heterocycles. The third-order valence-corrected chi connectivity index (χ3v) is 3.38. The van der Waals surface area contributed by atoms with E-state index in [1.54, 1.807) is 0 Å². The number of tetrazole rings is 1. The minimum Gasteiger partial charge on any atom is -0.439 e. The zero-order valence-electron chi connectivity index (χ0n) is 12.0. The predicted molar refractivity (Wildman–Crippen MR) is 81.1 cm³/mol. The molecule has 4 aromatic rings. The van der Waals surface area contributed by atoms with Gasteiger partial charge in [-0.05, 0) is 24.3 Å². The molecule has 0 saturated heterocycles. The molecule has 0 saturated carbocycles. The Morgan fingerprint density at radius 2 is 1.86 bits per heavy atom. The molecule has 0 atom stereocenters. The van der Waals surface area contributed by atoms with Crippen LogP contribution in [0.25, 0.3) is 22.5 Å². The number of hydrogen-bond donors (Lipinski definition) is 0. The van der Waals surface area contributed by atoms with Crippen molar-refractivity contribution in [3.8, 4) is 11.4 Å². The summed E-state index contributed by atoms with van der Waals surface area (Å²) in [5.74, 6) is 1.16. The smallest absolute Gasteiger partial charge is 0.219 e. The van der Waals surface area contributed by atoms with Crippen molar-refractivity contribution in [2.45, 2.75) is 13.5 Å². The van der Waals surface area contributed by atoms with Crippen LogP contribution in [0.5, 0.6) is 0 Å². The molecule has 6 nitrogen and oxygen atoms in total. The van der Waals surface area contributed by atoms with E-state index in [9.17, 15) is 0 Å². The Labute approximate surface area is 126 Å². The quantitative estimate of drug-likeness (QED) is 0.580. The van der Waals surface area contributed by atoms with Gasteiger partial charge < -0.3 is 4.42 Å². The second-order valence-electron chi connectivity index (χ2n) is 5.08. The van der Waals surface area contributed by atoms with Gasteiger partial charge in [-0.2, -0.15) is 4.80 Å². The number of benzene rings is 2. The molecule has 0 N–H and O–H groups in total. The standard InChI is InChI=1S/C16H13N5O/c1-11-6-8-12(9-7-11)16-18-20-21(19-16)10-15-17-13-4-2-3-5-14(13)22-15/h2-9H,10H2,1H3. The summed E-state index contributed by atoms with van der Waals surface area (Å²) in [7, 11) is 0. The van der Waals surface area contributed by atoms with Gasteiger partial charge in [-0.15, -0.1) is 10.2 Å². The highest BCUT2D eigenvalue weighted by Crippen LogP contribution is 2.16. The van der Waals surface area contributed by atoms with Crippen LogP contribution in [0.1, 0.15) is 11.5 Å². The molecule has 6 heteroatoms. The van der Waals surface area contributed by atoms with E-state index in [0.29, 0.717) is 18.3 Å². The average Bonchev–Trinajstić information content (AvgIpc) is 3.14. The Bertz CT molecular complexity index is 890. The van der Waals surface area contributed by atoms with E-state index in [4.69, 9.17) is 4.42 Å². The number of nitrogens with zero attached hydrogens (tertiary/aromatic N) is 5. The van der Waals surface area contributed by atoms with E-state index in [1.165, 1.54) is 10.4 Å². The van der Waals surface area contributed by atoms with Crippen LogP contribution < -0.4 is 0 Å². The van der Waals surface area contributed by atoms with Gasteiger partial charge in [0.05, 0.1) is 0 Å². The van der Waals surface area contributed by atoms with E-state index in [-0.39, 0.29) is 0 Å². The number of hydrogen-bond acceptors (Lipinski definition) is 5. The molecule has 0 radical (unpaired) electrons. The SMILES string of the molecule is Cc1ccc(-c2nnn(Cc3nc4ccccc4o3)n2)cc1. The van der Waals surface area contributed by atoms with Gasteiger partial charge in [-0.1, -0.05) is 42.0 Å². The molecule has 0 unspecified atom stereocenters. The summed E-state index contributed by atoms with van der Waals surface area (Å²) in [6, 6.07) is 15.7. The van der Waals surface area contributed by atoms with Crippen LogP contribution in [0.3, 0.4) is 0 Å². The van der Waals surface area contributed by atoms with Crippen molar-refractivity contribution in [2.75, 3.05) is 0 Å². The van der Waals surface area contributed by atoms with Gasteiger partial charge >= 0.3 is 0 Å². The first-order valence-corrected chi connectivity index (χ1v) is 6.97. The molecular formula is C16H13N5O. The van der Waals surface area contributed by atoms with Crippen LogP contribution in [-0.2, 0) is 6.54 Å². The fraction of sp³-hybridized carbons (Fsp3) is 0.125. The first-order valence-electron chi connectivity index (χ1n) is 6.97. The van der Waals surface area contributed by atoms with Crippen molar-refractivity contribution in [2.24, 2.45) is 0 Å². The van der Waals surface area contributed by atoms with Gasteiger partial charge in [0.15, 0.2) is 5.58 Å². The van der Waals surface area contributed by atoms with Crippen LogP contribution in [0.15, 0.2) is 52.9 Å². The Balaban J connectivity index is 1.60. The van der Waals surface area contributed by atoms with Crippen molar-refractivity contribution < 1.29 is 4.42 Å². The normalized spacial score (nSPS) is 11.1. The van der Waals surface area contributed by atoms with Crippen molar-refractivity contribution in [3.05, 3.63) is 60.0 Å². The highest BCUT2D eigenvalue weighted by molar-refractivity contribution is 5.72. The molecule has 22 heavy (non-hydrogen) atoms. The van der Waals surface area contributed by atoms with Crippen molar-refractivity contribution >= 4 is 11.1 Å². The molecule has 2 aromatic heterocycles. The van der Waals surface area contributed by atoms with E-state index in [1.807, 2.05) is 55.5 Å². The van der Waals surface area contributed by atoms with E-state index in [2.05, 4.69) is 20.4 Å². The molecule has 0 aliphatic rings. The Morgan fingerprint density at radius 3 is 2.68 bits per heavy atom. The summed E-state index contributed by atoms with van der Waals surface area (Å²) >= 11 is 0. The Kier molecular flexibility index (Phi) is 2.93. The summed E-state index contributed by atoms with van der Waals surface area (Å²) in [4.78, 5) is 5.89. The lowest BCUT2D eigenvalue weighted by Gasteiger charge is -1.95. The lowest BCUT2D eigenvalue weighted by atomic mass is 10.1. The lowest BCUT2D eigenvalue weighted by molar-refractivity contribution is 0.459. The Hall–Kier alpha value is -3.02. The van der Waals surface area contributed by atoms with Crippen molar-refractivity contribution in [3.63, 3.8) is 0 Å². The molecule has 2 heterocycles. The second-order valence-corrected chi connectivity index (χ2v) is 5.08. The number of oxazole rings is 1. The van der Waals surface area contributed by atoms with E-state index in [0.717, 1.165) is 16.7 Å². The fourth-order valence-corrected chi connectivity index (χ4v) is 2.24. The monoisotopic (exact) mass is 291 g/mol. The number of aromatic nitrogens is 5. The number of fused-ring (bicyclic) bond motifs is 1. The van der Waals surface area contributed by atoms with Gasteiger partial charge in [0, 0.05) is 5.56 Å². The first kappa shape index (κ1) is 12.7. The van der Waals surface area contributed by atoms with E-state index >= 15 is 0 Å². The highest BCUT2D eigenvalue weighted by atomic mass is 16.3. The van der Waals surface area contributed by atoms with Crippen LogP contribution in [0, 0.1) is 6.92 Å². The molecule has 4 rings (SSSR count). The molecule has 0 bridgehead atoms. The lowest BCUT2D eigenvalue weighted by Crippen LogP contribution is -2.04. The topological polar surface area (TPSA) is 69.6 Å². The zero-order chi connectivity index (χ0) is 14.9. The summed E-state index contributed by atoms with van der Waals surface area (Å²) in [5, 5.41) is 12.5. The minimum absolute atomic E-state index is 0.355. The second kappa shape index (κ2) is 5.07. The molecule has 108 valence electrons. The number of para-hydroxylation sites is 2. The minimum atomic E-state index is 0.355. The zero-order valence-corrected chi connectivity index (χ0v) is 12.0. The largest absolute Gasteiger partial charge is 0.439 e. The maximum atomic E-state index is 5.66. The third kappa shape index (κ3) is 2.35. The Morgan fingerprint density at radius 1 is 1.05 bits per heavy atom. The van der Waals surface area contributed by atoms with Gasteiger partial charge in [0.1, 0.15) is 12.1 Å². The summed E-state index contributed by atoms with van der Waals surface area (Å²) in [5.41, 5.74) is 3.73. The fourth-order valence-electron chi connectivity index (χ4n) is 2.24. The van der Waals surface area contributed by atoms with Crippen LogP contribution >= 0.6 is 0 Å². The van der Waals surface area contributed by atoms with Crippen molar-refractivity contribution in [1.82, 2.24) is 25.2 Å². The van der Waals surface area contributed by atoms with Crippen molar-refractivity contribution in [1.29, 1.82) is 0 Å². The van der Waals surface area contributed by atoms with Crippen LogP contribution in [0.4, 0.5) is 0 Å². The average molecular weight is 291 g/mol. The molecule has 0 fully saturated rings. The molecule has 0 aliphatic carbocycles.